The highest BCUT2D eigenvalue weighted by atomic mass is 16.8. The third-order valence-corrected chi connectivity index (χ3v) is 4.67. The average Bonchev–Trinajstić information content (AvgIpc) is 2.75. The molecule has 0 fully saturated rings. The van der Waals surface area contributed by atoms with E-state index in [1.807, 2.05) is 20.8 Å². The van der Waals surface area contributed by atoms with Gasteiger partial charge in [-0.25, -0.2) is 14.4 Å². The summed E-state index contributed by atoms with van der Waals surface area (Å²) in [5, 5.41) is 9.60. The number of aliphatic carboxylic acids is 1. The van der Waals surface area contributed by atoms with Crippen molar-refractivity contribution in [3.8, 4) is 11.5 Å². The molecule has 0 heterocycles. The summed E-state index contributed by atoms with van der Waals surface area (Å²) in [7, 11) is 0. The third kappa shape index (κ3) is 12.1. The Labute approximate surface area is 222 Å². The molecule has 0 spiro atoms. The minimum Gasteiger partial charge on any atom is -0.480 e. The van der Waals surface area contributed by atoms with Crippen LogP contribution in [0.3, 0.4) is 0 Å². The molecule has 1 aromatic rings. The van der Waals surface area contributed by atoms with Gasteiger partial charge >= 0.3 is 24.4 Å². The number of hydrogen-bond donors (Lipinski definition) is 2. The van der Waals surface area contributed by atoms with E-state index in [1.54, 1.807) is 34.6 Å². The van der Waals surface area contributed by atoms with Gasteiger partial charge in [-0.1, -0.05) is 26.8 Å². The first-order valence-corrected chi connectivity index (χ1v) is 12.2. The zero-order chi connectivity index (χ0) is 29.2. The van der Waals surface area contributed by atoms with Gasteiger partial charge in [-0.05, 0) is 64.2 Å². The predicted molar refractivity (Wildman–Crippen MR) is 135 cm³/mol. The lowest BCUT2D eigenvalue weighted by Crippen LogP contribution is -2.38. The molecule has 0 radical (unpaired) electrons. The number of rotatable bonds is 11. The van der Waals surface area contributed by atoms with Gasteiger partial charge in [0.05, 0.1) is 18.8 Å². The summed E-state index contributed by atoms with van der Waals surface area (Å²) in [4.78, 5) is 48.1. The Hall–Kier alpha value is -3.54. The molecule has 0 amide bonds. The first-order chi connectivity index (χ1) is 17.5. The molecule has 0 saturated heterocycles. The fourth-order valence-electron chi connectivity index (χ4n) is 3.07. The number of carboxylic acids is 1. The van der Waals surface area contributed by atoms with E-state index >= 15 is 0 Å². The lowest BCUT2D eigenvalue weighted by atomic mass is 9.87. The molecule has 12 heteroatoms. The quantitative estimate of drug-likeness (QED) is 0.218. The Balaban J connectivity index is 3.27. The molecule has 1 rings (SSSR count). The van der Waals surface area contributed by atoms with Crippen LogP contribution in [-0.2, 0) is 23.7 Å². The molecule has 214 valence electrons. The number of carboxylic acid groups (broad SMARTS) is 1. The highest BCUT2D eigenvalue weighted by Gasteiger charge is 2.31. The molecule has 1 aromatic carbocycles. The van der Waals surface area contributed by atoms with Gasteiger partial charge in [-0.2, -0.15) is 0 Å². The summed E-state index contributed by atoms with van der Waals surface area (Å²) in [6, 6.07) is 2.65. The van der Waals surface area contributed by atoms with Crippen LogP contribution in [0.25, 0.3) is 0 Å². The summed E-state index contributed by atoms with van der Waals surface area (Å²) < 4.78 is 30.8. The Morgan fingerprint density at radius 1 is 0.842 bits per heavy atom. The molecule has 38 heavy (non-hydrogen) atoms. The van der Waals surface area contributed by atoms with Gasteiger partial charge in [-0.15, -0.1) is 0 Å². The molecule has 0 aliphatic heterocycles. The van der Waals surface area contributed by atoms with E-state index < -0.39 is 54.7 Å². The zero-order valence-corrected chi connectivity index (χ0v) is 23.1. The van der Waals surface area contributed by atoms with Crippen molar-refractivity contribution in [2.24, 2.45) is 11.1 Å². The van der Waals surface area contributed by atoms with Gasteiger partial charge in [0.25, 0.3) is 0 Å². The first kappa shape index (κ1) is 32.5. The molecule has 0 bridgehead atoms. The molecule has 0 saturated carbocycles. The topological polar surface area (TPSA) is 170 Å². The molecule has 3 N–H and O–H groups in total. The second kappa shape index (κ2) is 14.4. The van der Waals surface area contributed by atoms with Crippen LogP contribution < -0.4 is 15.2 Å². The van der Waals surface area contributed by atoms with E-state index in [-0.39, 0.29) is 29.9 Å². The Morgan fingerprint density at radius 3 is 1.84 bits per heavy atom. The number of ether oxygens (including phenoxy) is 6. The largest absolute Gasteiger partial charge is 0.514 e. The SMILES string of the molecule is CC(C)OC(=O)Oc1ccc(C(CC(C)OC(=O)OCC(C)(C)C)[C@H](N)C(=O)O)cc1OC(=O)OC(C)C. The summed E-state index contributed by atoms with van der Waals surface area (Å²) in [5.74, 6) is -2.61. The molecule has 0 aliphatic carbocycles. The van der Waals surface area contributed by atoms with E-state index in [2.05, 4.69) is 0 Å². The van der Waals surface area contributed by atoms with Crippen LogP contribution in [0.5, 0.6) is 11.5 Å². The van der Waals surface area contributed by atoms with Crippen LogP contribution in [-0.4, -0.2) is 60.5 Å². The van der Waals surface area contributed by atoms with Crippen molar-refractivity contribution in [1.29, 1.82) is 0 Å². The molecular weight excluding hydrogens is 502 g/mol. The second-order valence-corrected chi connectivity index (χ2v) is 10.5. The standard InChI is InChI=1S/C26H39NO11/c1-14(2)34-24(31)37-19-10-9-17(12-20(19)38-25(32)35-15(3)4)18(21(27)22(28)29)11-16(5)36-23(30)33-13-26(6,7)8/h9-10,12,14-16,18,21H,11,13,27H2,1-8H3,(H,28,29)/t16?,18?,21-/m0/s1. The molecule has 3 atom stereocenters. The van der Waals surface area contributed by atoms with Gasteiger partial charge in [-0.3, -0.25) is 4.79 Å². The summed E-state index contributed by atoms with van der Waals surface area (Å²) in [6.07, 6.45) is -4.77. The lowest BCUT2D eigenvalue weighted by Gasteiger charge is -2.25. The Bertz CT molecular complexity index is 968. The van der Waals surface area contributed by atoms with Crippen molar-refractivity contribution in [1.82, 2.24) is 0 Å². The van der Waals surface area contributed by atoms with E-state index in [9.17, 15) is 24.3 Å². The monoisotopic (exact) mass is 541 g/mol. The number of benzene rings is 1. The molecule has 0 aliphatic rings. The highest BCUT2D eigenvalue weighted by Crippen LogP contribution is 2.35. The number of hydrogen-bond acceptors (Lipinski definition) is 11. The van der Waals surface area contributed by atoms with Crippen molar-refractivity contribution in [2.75, 3.05) is 6.61 Å². The Morgan fingerprint density at radius 2 is 1.37 bits per heavy atom. The molecule has 2 unspecified atom stereocenters. The van der Waals surface area contributed by atoms with Crippen molar-refractivity contribution >= 4 is 24.4 Å². The average molecular weight is 542 g/mol. The van der Waals surface area contributed by atoms with Gasteiger partial charge < -0.3 is 39.3 Å². The summed E-state index contributed by atoms with van der Waals surface area (Å²) >= 11 is 0. The maximum Gasteiger partial charge on any atom is 0.514 e. The van der Waals surface area contributed by atoms with Gasteiger partial charge in [0.1, 0.15) is 12.1 Å². The van der Waals surface area contributed by atoms with Crippen molar-refractivity contribution in [3.05, 3.63) is 23.8 Å². The highest BCUT2D eigenvalue weighted by molar-refractivity contribution is 5.75. The van der Waals surface area contributed by atoms with Crippen LogP contribution in [0, 0.1) is 5.41 Å². The van der Waals surface area contributed by atoms with Crippen molar-refractivity contribution < 1.29 is 52.7 Å². The van der Waals surface area contributed by atoms with E-state index in [4.69, 9.17) is 34.2 Å². The number of carbonyl (C=O) groups is 4. The predicted octanol–water partition coefficient (Wildman–Crippen LogP) is 5.01. The molecular formula is C26H39NO11. The lowest BCUT2D eigenvalue weighted by molar-refractivity contribution is -0.139. The maximum absolute atomic E-state index is 12.2. The van der Waals surface area contributed by atoms with Crippen LogP contribution >= 0.6 is 0 Å². The second-order valence-electron chi connectivity index (χ2n) is 10.5. The van der Waals surface area contributed by atoms with Gasteiger partial charge in [0.15, 0.2) is 11.5 Å². The first-order valence-electron chi connectivity index (χ1n) is 12.2. The smallest absolute Gasteiger partial charge is 0.480 e. The minimum absolute atomic E-state index is 0.0104. The van der Waals surface area contributed by atoms with E-state index in [0.717, 1.165) is 0 Å². The fourth-order valence-corrected chi connectivity index (χ4v) is 3.07. The fraction of sp³-hybridized carbons (Fsp3) is 0.615. The molecule has 0 aromatic heterocycles. The number of nitrogens with two attached hydrogens (primary N) is 1. The van der Waals surface area contributed by atoms with E-state index in [1.165, 1.54) is 18.2 Å². The number of carbonyl (C=O) groups excluding carboxylic acids is 3. The minimum atomic E-state index is -1.42. The summed E-state index contributed by atoms with van der Waals surface area (Å²) in [6.45, 7) is 13.8. The normalized spacial score (nSPS) is 13.8. The van der Waals surface area contributed by atoms with Crippen molar-refractivity contribution in [2.45, 2.75) is 92.1 Å². The van der Waals surface area contributed by atoms with Crippen molar-refractivity contribution in [3.63, 3.8) is 0 Å². The van der Waals surface area contributed by atoms with Crippen LogP contribution in [0.4, 0.5) is 14.4 Å². The van der Waals surface area contributed by atoms with E-state index in [0.29, 0.717) is 5.56 Å². The van der Waals surface area contributed by atoms with Crippen LogP contribution in [0.2, 0.25) is 0 Å². The third-order valence-electron chi connectivity index (χ3n) is 4.67. The van der Waals surface area contributed by atoms with Gasteiger partial charge in [0, 0.05) is 5.92 Å². The Kier molecular flexibility index (Phi) is 12.3. The zero-order valence-electron chi connectivity index (χ0n) is 23.1. The van der Waals surface area contributed by atoms with Crippen LogP contribution in [0.1, 0.15) is 73.3 Å². The molecule has 12 nitrogen and oxygen atoms in total. The maximum atomic E-state index is 12.2. The van der Waals surface area contributed by atoms with Gasteiger partial charge in [0.2, 0.25) is 0 Å². The summed E-state index contributed by atoms with van der Waals surface area (Å²) in [5.41, 5.74) is 6.02. The van der Waals surface area contributed by atoms with Crippen LogP contribution in [0.15, 0.2) is 18.2 Å².